The van der Waals surface area contributed by atoms with E-state index < -0.39 is 16.1 Å². The number of sulfonamides is 1. The first-order valence-corrected chi connectivity index (χ1v) is 9.24. The van der Waals surface area contributed by atoms with E-state index in [9.17, 15) is 13.5 Å². The van der Waals surface area contributed by atoms with Crippen molar-refractivity contribution in [3.8, 4) is 0 Å². The van der Waals surface area contributed by atoms with Crippen LogP contribution in [0.4, 0.5) is 0 Å². The topological polar surface area (TPSA) is 117 Å². The quantitative estimate of drug-likeness (QED) is 0.321. The molecule has 7 nitrogen and oxygen atoms in total. The van der Waals surface area contributed by atoms with Gasteiger partial charge in [0.15, 0.2) is 0 Å². The minimum atomic E-state index is -3.53. The summed E-state index contributed by atoms with van der Waals surface area (Å²) < 4.78 is 47.8. The van der Waals surface area contributed by atoms with Gasteiger partial charge in [0, 0.05) is 48.2 Å². The molecular formula is C21H20FeMnNO6S-3. The Labute approximate surface area is 204 Å². The van der Waals surface area contributed by atoms with Gasteiger partial charge in [0.2, 0.25) is 10.0 Å². The fourth-order valence-corrected chi connectivity index (χ4v) is 3.27. The molecule has 3 aromatic carbocycles. The van der Waals surface area contributed by atoms with Gasteiger partial charge in [-0.05, 0) is 11.0 Å². The van der Waals surface area contributed by atoms with E-state index in [-0.39, 0.29) is 39.0 Å². The molecular weight excluding hydrogens is 505 g/mol. The third-order valence-electron chi connectivity index (χ3n) is 3.42. The maximum Gasteiger partial charge on any atom is 0 e. The average Bonchev–Trinajstić information content (AvgIpc) is 3.55. The van der Waals surface area contributed by atoms with Crippen molar-refractivity contribution in [2.75, 3.05) is 14.1 Å². The van der Waals surface area contributed by atoms with Gasteiger partial charge in [-0.1, -0.05) is 0 Å². The van der Waals surface area contributed by atoms with Crippen LogP contribution in [0.25, 0.3) is 0 Å². The van der Waals surface area contributed by atoms with Crippen molar-refractivity contribution in [3.05, 3.63) is 104 Å². The molecule has 0 fully saturated rings. The van der Waals surface area contributed by atoms with E-state index in [2.05, 4.69) is 20.0 Å². The van der Waals surface area contributed by atoms with Gasteiger partial charge in [0.05, 0.1) is 0 Å². The van der Waals surface area contributed by atoms with E-state index in [1.807, 2.05) is 42.5 Å². The molecule has 0 saturated heterocycles. The van der Waals surface area contributed by atoms with Crippen LogP contribution >= 0.6 is 0 Å². The van der Waals surface area contributed by atoms with Crippen molar-refractivity contribution in [1.82, 2.24) is 4.31 Å². The minimum Gasteiger partial charge on any atom is -0.214 e. The van der Waals surface area contributed by atoms with Crippen LogP contribution in [-0.2, 0) is 58.1 Å². The zero-order chi connectivity index (χ0) is 22.9. The summed E-state index contributed by atoms with van der Waals surface area (Å²) in [5.41, 5.74) is 1.10. The van der Waals surface area contributed by atoms with E-state index in [1.54, 1.807) is 24.3 Å². The van der Waals surface area contributed by atoms with Crippen LogP contribution < -0.4 is 0 Å². The molecule has 0 spiro atoms. The maximum atomic E-state index is 12.1. The van der Waals surface area contributed by atoms with Crippen LogP contribution in [0, 0.1) is 20.0 Å². The largest absolute Gasteiger partial charge is 0.214 e. The molecule has 1 radical (unpaired) electrons. The molecule has 0 aliphatic heterocycles. The van der Waals surface area contributed by atoms with Crippen molar-refractivity contribution in [1.29, 1.82) is 0 Å². The first-order chi connectivity index (χ1) is 13.9. The van der Waals surface area contributed by atoms with Gasteiger partial charge in [0.1, 0.15) is 0 Å². The van der Waals surface area contributed by atoms with Gasteiger partial charge in [-0.25, -0.2) is 37.0 Å². The average molecular weight is 525 g/mol. The van der Waals surface area contributed by atoms with Crippen molar-refractivity contribution < 1.29 is 61.6 Å². The standard InChI is InChI=1S/C13H15NO3S.C5H5.3CO.Fe.Mn/c1-14(2)18(16,17)12-9-5-8-11(12)13(15)10-6-3-4-7-10;1-2-4-5-3-1;3*1-2;;/h3-9,13,15H,1-2H3;1-5H;;;;;/q-2;-1;;;;;. The van der Waals surface area contributed by atoms with E-state index in [4.69, 9.17) is 14.0 Å². The molecule has 10 heteroatoms. The van der Waals surface area contributed by atoms with Crippen molar-refractivity contribution >= 4 is 10.0 Å². The molecule has 3 aromatic rings. The number of aliphatic hydroxyl groups excluding tert-OH is 1. The second-order valence-corrected chi connectivity index (χ2v) is 7.34. The SMILES string of the molecule is CN(C)S(=O)(=O)c1[cH-]ccc1C(O)c1cc[cH-]c1.[C-]#[O+].[C-]#[O+].[C-]#[O+].[Fe].[Mn].c1cc[cH-]c1. The number of aliphatic hydroxyl groups is 1. The van der Waals surface area contributed by atoms with E-state index in [0.717, 1.165) is 4.31 Å². The molecule has 1 atom stereocenters. The predicted molar refractivity (Wildman–Crippen MR) is 103 cm³/mol. The summed E-state index contributed by atoms with van der Waals surface area (Å²) in [6.45, 7) is 13.5. The monoisotopic (exact) mass is 525 g/mol. The van der Waals surface area contributed by atoms with Crippen LogP contribution in [0.15, 0.2) is 77.7 Å². The minimum absolute atomic E-state index is 0. The molecule has 3 rings (SSSR count). The van der Waals surface area contributed by atoms with E-state index in [0.29, 0.717) is 11.1 Å². The summed E-state index contributed by atoms with van der Waals surface area (Å²) in [5, 5.41) is 10.2. The van der Waals surface area contributed by atoms with Crippen LogP contribution in [0.3, 0.4) is 0 Å². The van der Waals surface area contributed by atoms with Gasteiger partial charge >= 0.3 is 33.9 Å². The molecule has 0 bridgehead atoms. The molecule has 0 aliphatic carbocycles. The Morgan fingerprint density at radius 3 is 1.81 bits per heavy atom. The summed E-state index contributed by atoms with van der Waals surface area (Å²) in [4.78, 5) is 0.154. The number of rotatable bonds is 4. The Morgan fingerprint density at radius 2 is 1.45 bits per heavy atom. The third kappa shape index (κ3) is 12.0. The summed E-state index contributed by atoms with van der Waals surface area (Å²) in [5.74, 6) is 0. The zero-order valence-electron chi connectivity index (χ0n) is 16.6. The van der Waals surface area contributed by atoms with Gasteiger partial charge in [-0.3, -0.25) is 0 Å². The van der Waals surface area contributed by atoms with Gasteiger partial charge in [0.25, 0.3) is 0 Å². The Bertz CT molecular complexity index is 895. The van der Waals surface area contributed by atoms with Gasteiger partial charge < -0.3 is 5.11 Å². The van der Waals surface area contributed by atoms with Gasteiger partial charge in [-0.2, -0.15) is 59.7 Å². The van der Waals surface area contributed by atoms with Crippen LogP contribution in [0.2, 0.25) is 0 Å². The molecule has 0 saturated carbocycles. The zero-order valence-corrected chi connectivity index (χ0v) is 19.7. The molecule has 169 valence electrons. The molecule has 31 heavy (non-hydrogen) atoms. The van der Waals surface area contributed by atoms with E-state index >= 15 is 0 Å². The van der Waals surface area contributed by atoms with Crippen LogP contribution in [0.1, 0.15) is 17.2 Å². The molecule has 1 N–H and O–H groups in total. The molecule has 1 unspecified atom stereocenters. The van der Waals surface area contributed by atoms with Gasteiger partial charge in [-0.15, -0.1) is 0 Å². The van der Waals surface area contributed by atoms with Crippen molar-refractivity contribution in [2.24, 2.45) is 0 Å². The summed E-state index contributed by atoms with van der Waals surface area (Å²) in [6, 6.07) is 21.9. The van der Waals surface area contributed by atoms with Crippen molar-refractivity contribution in [2.45, 2.75) is 11.0 Å². The third-order valence-corrected chi connectivity index (χ3v) is 5.31. The Balaban J connectivity index is -0.000000237. The summed E-state index contributed by atoms with van der Waals surface area (Å²) in [6.07, 6.45) is -0.917. The fraction of sp³-hybridized carbons (Fsp3) is 0.143. The number of hydrogen-bond donors (Lipinski definition) is 1. The fourth-order valence-electron chi connectivity index (χ4n) is 2.15. The molecule has 0 aliphatic rings. The second kappa shape index (κ2) is 21.4. The number of hydrogen-bond acceptors (Lipinski definition) is 3. The molecule has 0 aromatic heterocycles. The Morgan fingerprint density at radius 1 is 0.935 bits per heavy atom. The molecule has 0 heterocycles. The van der Waals surface area contributed by atoms with Crippen molar-refractivity contribution in [3.63, 3.8) is 0 Å². The summed E-state index contributed by atoms with van der Waals surface area (Å²) >= 11 is 0. The smallest absolute Gasteiger partial charge is 0 e. The Hall–Kier alpha value is -1.82. The Kier molecular flexibility index (Phi) is 25.2. The number of nitrogens with zero attached hydrogens (tertiary/aromatic N) is 1. The first-order valence-electron chi connectivity index (χ1n) is 7.80. The maximum absolute atomic E-state index is 12.1. The second-order valence-electron chi connectivity index (χ2n) is 5.22. The van der Waals surface area contributed by atoms with E-state index in [1.165, 1.54) is 20.2 Å². The normalized spacial score (nSPS) is 9.61. The summed E-state index contributed by atoms with van der Waals surface area (Å²) in [7, 11) is -0.581. The van der Waals surface area contributed by atoms with Crippen LogP contribution in [0.5, 0.6) is 0 Å². The molecule has 0 amide bonds. The van der Waals surface area contributed by atoms with Crippen LogP contribution in [-0.4, -0.2) is 31.9 Å². The predicted octanol–water partition coefficient (Wildman–Crippen LogP) is 2.74. The first kappa shape index (κ1) is 36.5.